The summed E-state index contributed by atoms with van der Waals surface area (Å²) in [7, 11) is 1.28. The number of alkyl halides is 1. The van der Waals surface area contributed by atoms with Crippen molar-refractivity contribution in [3.05, 3.63) is 35.5 Å². The van der Waals surface area contributed by atoms with E-state index in [1.807, 2.05) is 12.3 Å². The first kappa shape index (κ1) is 25.5. The Bertz CT molecular complexity index is 978. The minimum absolute atomic E-state index is 0.00568. The molecule has 2 unspecified atom stereocenters. The predicted molar refractivity (Wildman–Crippen MR) is 137 cm³/mol. The highest BCUT2D eigenvalue weighted by molar-refractivity contribution is 8.47. The van der Waals surface area contributed by atoms with E-state index in [2.05, 4.69) is 16.5 Å². The van der Waals surface area contributed by atoms with Gasteiger partial charge in [-0.05, 0) is 74.7 Å². The number of hydrogen-bond acceptors (Lipinski definition) is 5. The number of aromatic nitrogens is 1. The average molecular weight is 512 g/mol. The quantitative estimate of drug-likeness (QED) is 0.388. The molecule has 1 aromatic heterocycles. The predicted octanol–water partition coefficient (Wildman–Crippen LogP) is 4.81. The lowest BCUT2D eigenvalue weighted by molar-refractivity contribution is -0.145. The molecule has 3 fully saturated rings. The number of halogens is 2. The van der Waals surface area contributed by atoms with Gasteiger partial charge in [0.15, 0.2) is 5.60 Å². The fourth-order valence-electron chi connectivity index (χ4n) is 5.73. The summed E-state index contributed by atoms with van der Waals surface area (Å²) in [5.41, 5.74) is -0.856. The number of amides is 1. The Morgan fingerprint density at radius 2 is 2.12 bits per heavy atom. The van der Waals surface area contributed by atoms with Crippen LogP contribution in [0.3, 0.4) is 0 Å². The first-order chi connectivity index (χ1) is 16.1. The van der Waals surface area contributed by atoms with E-state index in [0.717, 1.165) is 51.0 Å². The summed E-state index contributed by atoms with van der Waals surface area (Å²) in [6.45, 7) is 5.90. The third-order valence-corrected chi connectivity index (χ3v) is 12.2. The Balaban J connectivity index is 1.29. The second-order valence-corrected chi connectivity index (χ2v) is 13.9. The number of hydrogen-bond donors (Lipinski definition) is 0. The molecule has 3 atom stereocenters. The fraction of sp³-hybridized carbons (Fsp3) is 0.640. The van der Waals surface area contributed by atoms with Gasteiger partial charge in [-0.15, -0.1) is 10.0 Å². The van der Waals surface area contributed by atoms with Crippen molar-refractivity contribution in [2.75, 3.05) is 50.7 Å². The Morgan fingerprint density at radius 1 is 1.41 bits per heavy atom. The molecule has 0 N–H and O–H groups in total. The molecule has 1 spiro atoms. The van der Waals surface area contributed by atoms with Crippen molar-refractivity contribution in [2.24, 2.45) is 5.92 Å². The van der Waals surface area contributed by atoms with Gasteiger partial charge in [-0.2, -0.15) is 0 Å². The van der Waals surface area contributed by atoms with Crippen molar-refractivity contribution >= 4 is 38.5 Å². The average Bonchev–Trinajstić information content (AvgIpc) is 3.35. The number of nitrogens with zero attached hydrogens (tertiary/aromatic N) is 3. The van der Waals surface area contributed by atoms with Gasteiger partial charge in [-0.25, -0.2) is 9.37 Å². The van der Waals surface area contributed by atoms with Crippen LogP contribution in [-0.2, 0) is 9.53 Å². The summed E-state index contributed by atoms with van der Waals surface area (Å²) in [6, 6.07) is 3.59. The summed E-state index contributed by atoms with van der Waals surface area (Å²) in [5, 5.41) is -1.49. The Hall–Kier alpha value is -1.64. The van der Waals surface area contributed by atoms with Gasteiger partial charge >= 0.3 is 0 Å². The van der Waals surface area contributed by atoms with Crippen LogP contribution in [0, 0.1) is 5.92 Å². The van der Waals surface area contributed by atoms with Crippen molar-refractivity contribution in [3.63, 3.8) is 0 Å². The van der Waals surface area contributed by atoms with Gasteiger partial charge in [0.25, 0.3) is 5.91 Å². The normalized spacial score (nSPS) is 33.4. The smallest absolute Gasteiger partial charge is 0.256 e. The molecule has 3 aliphatic heterocycles. The molecule has 6 nitrogen and oxygen atoms in total. The van der Waals surface area contributed by atoms with Crippen molar-refractivity contribution in [1.82, 2.24) is 9.88 Å². The van der Waals surface area contributed by atoms with Crippen LogP contribution in [0.4, 0.5) is 10.2 Å². The van der Waals surface area contributed by atoms with Crippen LogP contribution in [-0.4, -0.2) is 77.3 Å². The van der Waals surface area contributed by atoms with E-state index < -0.39 is 20.6 Å². The highest BCUT2D eigenvalue weighted by Gasteiger charge is 2.77. The first-order valence-electron chi connectivity index (χ1n) is 12.0. The molecule has 0 radical (unpaired) electrons. The van der Waals surface area contributed by atoms with E-state index in [4.69, 9.17) is 16.3 Å². The molecule has 9 heteroatoms. The van der Waals surface area contributed by atoms with Crippen LogP contribution in [0.2, 0.25) is 5.15 Å². The molecule has 0 aromatic carbocycles. The minimum Gasteiger partial charge on any atom is -0.362 e. The Morgan fingerprint density at radius 3 is 2.68 bits per heavy atom. The van der Waals surface area contributed by atoms with E-state index in [0.29, 0.717) is 30.3 Å². The highest BCUT2D eigenvalue weighted by atomic mass is 35.5. The van der Waals surface area contributed by atoms with Gasteiger partial charge < -0.3 is 14.5 Å². The molecule has 3 aliphatic rings. The fourth-order valence-corrected chi connectivity index (χ4v) is 9.69. The monoisotopic (exact) mass is 511 g/mol. The topological polar surface area (TPSA) is 62.7 Å². The number of carbonyl (C=O) groups is 2. The van der Waals surface area contributed by atoms with Gasteiger partial charge in [0.05, 0.1) is 5.56 Å². The number of pyridine rings is 1. The van der Waals surface area contributed by atoms with E-state index in [1.54, 1.807) is 20.2 Å². The van der Waals surface area contributed by atoms with E-state index in [9.17, 15) is 9.59 Å². The van der Waals surface area contributed by atoms with Gasteiger partial charge in [0.2, 0.25) is 10.1 Å². The number of anilines is 1. The zero-order valence-electron chi connectivity index (χ0n) is 20.3. The summed E-state index contributed by atoms with van der Waals surface area (Å²) < 4.78 is 21.6. The van der Waals surface area contributed by atoms with Crippen molar-refractivity contribution in [2.45, 2.75) is 49.1 Å². The zero-order chi connectivity index (χ0) is 24.7. The molecule has 0 saturated carbocycles. The number of piperidine rings is 1. The third-order valence-electron chi connectivity index (χ3n) is 7.80. The van der Waals surface area contributed by atoms with Crippen LogP contribution in [0.25, 0.3) is 0 Å². The molecular weight excluding hydrogens is 477 g/mol. The molecule has 188 valence electrons. The molecule has 0 bridgehead atoms. The zero-order valence-corrected chi connectivity index (χ0v) is 21.9. The lowest BCUT2D eigenvalue weighted by atomic mass is 9.92. The van der Waals surface area contributed by atoms with Crippen molar-refractivity contribution < 1.29 is 18.7 Å². The Labute approximate surface area is 208 Å². The maximum atomic E-state index is 16.0. The van der Waals surface area contributed by atoms with Crippen molar-refractivity contribution in [3.8, 4) is 0 Å². The van der Waals surface area contributed by atoms with E-state index in [1.165, 1.54) is 11.0 Å². The molecule has 34 heavy (non-hydrogen) atoms. The maximum absolute atomic E-state index is 16.0. The molecule has 4 heterocycles. The number of rotatable bonds is 7. The van der Waals surface area contributed by atoms with E-state index >= 15 is 4.39 Å². The second-order valence-electron chi connectivity index (χ2n) is 9.99. The molecule has 3 saturated heterocycles. The standard InChI is InChI=1S/C25H35ClFN3O3S/c1-5-25(27)24(13-7-16-33-24)23(32)34(25,4)17-6-8-18-11-14-30(15-12-18)20-10-9-19(21(26)28-20)22(31)29(2)3/h5,9-10,18H,1,6-8,11-17H2,2-4H3/t24?,25-/m0/s1. The molecule has 1 aromatic rings. The maximum Gasteiger partial charge on any atom is 0.256 e. The first-order valence-corrected chi connectivity index (χ1v) is 14.6. The summed E-state index contributed by atoms with van der Waals surface area (Å²) in [5.74, 6) is 1.75. The van der Waals surface area contributed by atoms with Gasteiger partial charge in [0, 0.05) is 33.8 Å². The third kappa shape index (κ3) is 3.86. The number of ether oxygens (including phenoxy) is 1. The Kier molecular flexibility index (Phi) is 7.06. The van der Waals surface area contributed by atoms with Crippen LogP contribution < -0.4 is 4.90 Å². The molecular formula is C25H35ClFN3O3S. The molecule has 1 amide bonds. The van der Waals surface area contributed by atoms with Gasteiger partial charge in [-0.1, -0.05) is 18.2 Å². The second kappa shape index (κ2) is 9.43. The lowest BCUT2D eigenvalue weighted by Crippen LogP contribution is -2.70. The van der Waals surface area contributed by atoms with Gasteiger partial charge in [0.1, 0.15) is 11.0 Å². The summed E-state index contributed by atoms with van der Waals surface area (Å²) in [6.07, 6.45) is 8.21. The van der Waals surface area contributed by atoms with Crippen LogP contribution in [0.1, 0.15) is 48.9 Å². The van der Waals surface area contributed by atoms with Crippen LogP contribution in [0.15, 0.2) is 24.8 Å². The summed E-state index contributed by atoms with van der Waals surface area (Å²) >= 11 is 6.28. The van der Waals surface area contributed by atoms with Gasteiger partial charge in [-0.3, -0.25) is 9.59 Å². The molecule has 4 rings (SSSR count). The SMILES string of the molecule is C=C[C@@]1(F)C2(CCCO2)C(=O)S1(C)CCCC1CCN(c2ccc(C(=O)N(C)C)c(Cl)n2)CC1. The van der Waals surface area contributed by atoms with Crippen LogP contribution >= 0.6 is 21.6 Å². The minimum atomic E-state index is -2.09. The largest absolute Gasteiger partial charge is 0.362 e. The number of carbonyl (C=O) groups excluding carboxylic acids is 2. The van der Waals surface area contributed by atoms with Crippen LogP contribution in [0.5, 0.6) is 0 Å². The highest BCUT2D eigenvalue weighted by Crippen LogP contribution is 2.77. The van der Waals surface area contributed by atoms with Crippen molar-refractivity contribution in [1.29, 1.82) is 0 Å². The lowest BCUT2D eigenvalue weighted by Gasteiger charge is -2.63. The van der Waals surface area contributed by atoms with E-state index in [-0.39, 0.29) is 16.2 Å². The molecule has 0 aliphatic carbocycles. The summed E-state index contributed by atoms with van der Waals surface area (Å²) in [4.78, 5) is 33.4.